The molecule has 0 aliphatic rings. The van der Waals surface area contributed by atoms with E-state index in [1.54, 1.807) is 34.8 Å². The van der Waals surface area contributed by atoms with Crippen molar-refractivity contribution in [3.63, 3.8) is 0 Å². The second-order valence-corrected chi connectivity index (χ2v) is 14.8. The van der Waals surface area contributed by atoms with Gasteiger partial charge in [0.2, 0.25) is 0 Å². The van der Waals surface area contributed by atoms with Crippen LogP contribution in [0, 0.1) is 22.7 Å². The Morgan fingerprint density at radius 3 is 1.20 bits per heavy atom. The number of fused-ring (bicyclic) bond motifs is 14. The first kappa shape index (κ1) is 27.5. The highest BCUT2D eigenvalue weighted by Gasteiger charge is 2.26. The molecular formula is C44H22N4S2. The highest BCUT2D eigenvalue weighted by Crippen LogP contribution is 2.47. The van der Waals surface area contributed by atoms with E-state index in [0.717, 1.165) is 43.6 Å². The molecule has 0 bridgehead atoms. The lowest BCUT2D eigenvalue weighted by atomic mass is 10.0. The number of para-hydroxylation sites is 2. The second-order valence-electron chi connectivity index (χ2n) is 12.6. The summed E-state index contributed by atoms with van der Waals surface area (Å²) in [6, 6.07) is 51.5. The zero-order valence-corrected chi connectivity index (χ0v) is 27.9. The maximum absolute atomic E-state index is 10.8. The average molecular weight is 671 g/mol. The highest BCUT2D eigenvalue weighted by molar-refractivity contribution is 7.26. The lowest BCUT2D eigenvalue weighted by Gasteiger charge is -2.19. The number of thiophene rings is 2. The number of aromatic nitrogens is 2. The van der Waals surface area contributed by atoms with Crippen molar-refractivity contribution in [3.8, 4) is 23.5 Å². The summed E-state index contributed by atoms with van der Waals surface area (Å²) in [6.45, 7) is 0. The van der Waals surface area contributed by atoms with E-state index in [-0.39, 0.29) is 0 Å². The Morgan fingerprint density at radius 1 is 0.360 bits per heavy atom. The minimum atomic E-state index is 0.505. The van der Waals surface area contributed by atoms with Crippen molar-refractivity contribution in [1.29, 1.82) is 10.5 Å². The Hall–Kier alpha value is -6.44. The first-order valence-corrected chi connectivity index (χ1v) is 18.0. The predicted octanol–water partition coefficient (Wildman–Crippen LogP) is 12.4. The Bertz CT molecular complexity index is 3130. The number of benzene rings is 7. The molecule has 4 nitrogen and oxygen atoms in total. The monoisotopic (exact) mass is 670 g/mol. The van der Waals surface area contributed by atoms with Crippen LogP contribution in [0.3, 0.4) is 0 Å². The van der Waals surface area contributed by atoms with E-state index < -0.39 is 0 Å². The number of hydrogen-bond acceptors (Lipinski definition) is 4. The Balaban J connectivity index is 1.37. The summed E-state index contributed by atoms with van der Waals surface area (Å²) in [5, 5.41) is 31.1. The van der Waals surface area contributed by atoms with E-state index in [1.165, 1.54) is 40.3 Å². The van der Waals surface area contributed by atoms with Crippen LogP contribution in [0.15, 0.2) is 133 Å². The molecule has 0 spiro atoms. The van der Waals surface area contributed by atoms with Crippen molar-refractivity contribution in [2.45, 2.75) is 0 Å². The van der Waals surface area contributed by atoms with Gasteiger partial charge in [-0.15, -0.1) is 22.7 Å². The van der Waals surface area contributed by atoms with Crippen molar-refractivity contribution in [2.75, 3.05) is 0 Å². The lowest BCUT2D eigenvalue weighted by Crippen LogP contribution is -2.08. The van der Waals surface area contributed by atoms with Crippen LogP contribution in [-0.4, -0.2) is 9.13 Å². The molecule has 0 saturated heterocycles. The SMILES string of the molecule is N#Cc1ccc(C#N)c(-n2c3ccccc3c3c4c(ccc32)sc2ccccc24)c1-n1c2ccccc2c2c3c(ccc21)sc1ccccc13. The molecule has 0 atom stereocenters. The van der Waals surface area contributed by atoms with Gasteiger partial charge in [0.1, 0.15) is 12.1 Å². The Kier molecular flexibility index (Phi) is 5.52. The van der Waals surface area contributed by atoms with Crippen molar-refractivity contribution in [3.05, 3.63) is 145 Å². The Labute approximate surface area is 293 Å². The third-order valence-corrected chi connectivity index (χ3v) is 12.5. The maximum atomic E-state index is 10.8. The fourth-order valence-corrected chi connectivity index (χ4v) is 10.5. The summed E-state index contributed by atoms with van der Waals surface area (Å²) in [5.74, 6) is 0. The molecule has 6 heteroatoms. The normalized spacial score (nSPS) is 12.0. The van der Waals surface area contributed by atoms with Crippen LogP contribution in [0.5, 0.6) is 0 Å². The van der Waals surface area contributed by atoms with E-state index in [2.05, 4.69) is 143 Å². The quantitative estimate of drug-likeness (QED) is 0.184. The van der Waals surface area contributed by atoms with Crippen molar-refractivity contribution < 1.29 is 0 Å². The molecule has 230 valence electrons. The van der Waals surface area contributed by atoms with Crippen molar-refractivity contribution >= 4 is 107 Å². The largest absolute Gasteiger partial charge is 0.306 e. The zero-order valence-electron chi connectivity index (χ0n) is 26.3. The van der Waals surface area contributed by atoms with Crippen LogP contribution >= 0.6 is 22.7 Å². The number of rotatable bonds is 2. The molecule has 0 aliphatic heterocycles. The summed E-state index contributed by atoms with van der Waals surface area (Å²) in [5.41, 5.74) is 6.40. The van der Waals surface area contributed by atoms with Gasteiger partial charge in [0.25, 0.3) is 0 Å². The first-order chi connectivity index (χ1) is 24.7. The van der Waals surface area contributed by atoms with Gasteiger partial charge < -0.3 is 9.13 Å². The molecule has 0 fully saturated rings. The van der Waals surface area contributed by atoms with Crippen LogP contribution < -0.4 is 0 Å². The summed E-state index contributed by atoms with van der Waals surface area (Å²) in [6.07, 6.45) is 0. The van der Waals surface area contributed by atoms with E-state index in [9.17, 15) is 10.5 Å². The smallest absolute Gasteiger partial charge is 0.101 e. The lowest BCUT2D eigenvalue weighted by molar-refractivity contribution is 1.08. The first-order valence-electron chi connectivity index (χ1n) is 16.4. The van der Waals surface area contributed by atoms with Crippen molar-refractivity contribution in [1.82, 2.24) is 9.13 Å². The van der Waals surface area contributed by atoms with Crippen LogP contribution in [0.4, 0.5) is 0 Å². The van der Waals surface area contributed by atoms with Gasteiger partial charge in [0.15, 0.2) is 0 Å². The minimum absolute atomic E-state index is 0.505. The van der Waals surface area contributed by atoms with Gasteiger partial charge in [-0.2, -0.15) is 10.5 Å². The third kappa shape index (κ3) is 3.46. The molecule has 4 aromatic heterocycles. The maximum Gasteiger partial charge on any atom is 0.101 e. The molecule has 4 heterocycles. The molecule has 0 amide bonds. The second kappa shape index (κ2) is 10.0. The standard InChI is InChI=1S/C44H22N4S2/c45-23-25-17-18-26(24-46)44(48-32-14-6-2-10-28(32)40-34(48)20-22-38-42(40)30-12-4-8-16-36(30)50-38)43(25)47-31-13-5-1-9-27(31)39-33(47)19-21-37-41(39)29-11-3-7-15-35(29)49-37/h1-22H. The molecule has 7 aromatic carbocycles. The van der Waals surface area contributed by atoms with E-state index in [0.29, 0.717) is 22.5 Å². The molecule has 11 aromatic rings. The van der Waals surface area contributed by atoms with Crippen molar-refractivity contribution in [2.24, 2.45) is 0 Å². The summed E-state index contributed by atoms with van der Waals surface area (Å²) >= 11 is 3.60. The molecule has 0 radical (unpaired) electrons. The fraction of sp³-hybridized carbons (Fsp3) is 0. The fourth-order valence-electron chi connectivity index (χ4n) is 8.24. The van der Waals surface area contributed by atoms with Gasteiger partial charge in [-0.1, -0.05) is 72.8 Å². The van der Waals surface area contributed by atoms with Gasteiger partial charge in [-0.3, -0.25) is 0 Å². The molecule has 0 aliphatic carbocycles. The molecule has 50 heavy (non-hydrogen) atoms. The summed E-state index contributed by atoms with van der Waals surface area (Å²) in [7, 11) is 0. The third-order valence-electron chi connectivity index (χ3n) is 10.2. The van der Waals surface area contributed by atoms with Gasteiger partial charge in [-0.25, -0.2) is 0 Å². The van der Waals surface area contributed by atoms with Gasteiger partial charge in [0, 0.05) is 61.9 Å². The van der Waals surface area contributed by atoms with Crippen LogP contribution in [0.25, 0.3) is 95.3 Å². The highest BCUT2D eigenvalue weighted by atomic mass is 32.1. The molecule has 0 N–H and O–H groups in total. The van der Waals surface area contributed by atoms with Crippen LogP contribution in [-0.2, 0) is 0 Å². The molecule has 0 unspecified atom stereocenters. The minimum Gasteiger partial charge on any atom is -0.306 e. The summed E-state index contributed by atoms with van der Waals surface area (Å²) < 4.78 is 9.39. The molecule has 0 saturated carbocycles. The number of hydrogen-bond donors (Lipinski definition) is 0. The number of nitrogens with zero attached hydrogens (tertiary/aromatic N) is 4. The van der Waals surface area contributed by atoms with E-state index >= 15 is 0 Å². The van der Waals surface area contributed by atoms with E-state index in [1.807, 2.05) is 0 Å². The van der Waals surface area contributed by atoms with Crippen LogP contribution in [0.2, 0.25) is 0 Å². The average Bonchev–Trinajstić information content (AvgIpc) is 3.91. The summed E-state index contributed by atoms with van der Waals surface area (Å²) in [4.78, 5) is 0. The van der Waals surface area contributed by atoms with E-state index in [4.69, 9.17) is 0 Å². The zero-order chi connectivity index (χ0) is 33.1. The molecule has 11 rings (SSSR count). The molecular weight excluding hydrogens is 649 g/mol. The topological polar surface area (TPSA) is 57.4 Å². The van der Waals surface area contributed by atoms with Gasteiger partial charge >= 0.3 is 0 Å². The van der Waals surface area contributed by atoms with Crippen LogP contribution in [0.1, 0.15) is 11.1 Å². The number of nitriles is 2. The van der Waals surface area contributed by atoms with Gasteiger partial charge in [0.05, 0.1) is 44.6 Å². The predicted molar refractivity (Wildman–Crippen MR) is 210 cm³/mol. The van der Waals surface area contributed by atoms with Gasteiger partial charge in [-0.05, 0) is 60.7 Å². The Morgan fingerprint density at radius 2 is 0.760 bits per heavy atom.